The molecule has 0 radical (unpaired) electrons. The Morgan fingerprint density at radius 1 is 1.25 bits per heavy atom. The van der Waals surface area contributed by atoms with Crippen LogP contribution in [-0.4, -0.2) is 17.6 Å². The Morgan fingerprint density at radius 3 is 2.92 bits per heavy atom. The van der Waals surface area contributed by atoms with Crippen molar-refractivity contribution in [2.24, 2.45) is 0 Å². The van der Waals surface area contributed by atoms with Gasteiger partial charge in [0.05, 0.1) is 22.4 Å². The fourth-order valence-corrected chi connectivity index (χ4v) is 5.31. The Morgan fingerprint density at radius 2 is 2.08 bits per heavy atom. The van der Waals surface area contributed by atoms with E-state index >= 15 is 0 Å². The van der Waals surface area contributed by atoms with E-state index in [-0.39, 0.29) is 5.97 Å². The number of anilines is 2. The number of aryl methyl sites for hydroxylation is 1. The molecule has 3 aromatic rings. The van der Waals surface area contributed by atoms with Crippen LogP contribution < -0.4 is 5.32 Å². The van der Waals surface area contributed by atoms with Crippen molar-refractivity contribution < 1.29 is 9.53 Å². The lowest BCUT2D eigenvalue weighted by molar-refractivity contribution is 0.0526. The summed E-state index contributed by atoms with van der Waals surface area (Å²) in [5.41, 5.74) is 2.87. The number of hydrogen-bond donors (Lipinski definition) is 1. The van der Waals surface area contributed by atoms with Crippen LogP contribution in [-0.2, 0) is 17.6 Å². The quantitative estimate of drug-likeness (QED) is 0.655. The van der Waals surface area contributed by atoms with Gasteiger partial charge in [-0.05, 0) is 50.3 Å². The number of esters is 1. The first-order chi connectivity index (χ1) is 11.8. The van der Waals surface area contributed by atoms with Gasteiger partial charge in [-0.25, -0.2) is 9.78 Å². The zero-order valence-electron chi connectivity index (χ0n) is 13.4. The minimum absolute atomic E-state index is 0.222. The number of rotatable bonds is 4. The lowest BCUT2D eigenvalue weighted by atomic mass is 9.95. The summed E-state index contributed by atoms with van der Waals surface area (Å²) in [6, 6.07) is 8.06. The van der Waals surface area contributed by atoms with Crippen LogP contribution in [0.2, 0.25) is 0 Å². The van der Waals surface area contributed by atoms with Gasteiger partial charge in [0.25, 0.3) is 0 Å². The number of nitrogens with zero attached hydrogens (tertiary/aromatic N) is 1. The van der Waals surface area contributed by atoms with Crippen LogP contribution in [0.4, 0.5) is 10.1 Å². The van der Waals surface area contributed by atoms with Crippen molar-refractivity contribution >= 4 is 49.0 Å². The third-order valence-corrected chi connectivity index (χ3v) is 6.32. The normalized spacial score (nSPS) is 13.7. The number of carbonyl (C=O) groups excluding carboxylic acids is 1. The van der Waals surface area contributed by atoms with Crippen LogP contribution >= 0.6 is 22.7 Å². The highest BCUT2D eigenvalue weighted by molar-refractivity contribution is 7.23. The fraction of sp³-hybridized carbons (Fsp3) is 0.333. The summed E-state index contributed by atoms with van der Waals surface area (Å²) in [5, 5.41) is 5.08. The second-order valence-corrected chi connectivity index (χ2v) is 7.88. The van der Waals surface area contributed by atoms with Crippen molar-refractivity contribution in [2.75, 3.05) is 11.9 Å². The smallest absolute Gasteiger partial charge is 0.341 e. The number of ether oxygens (including phenoxy) is 1. The molecule has 0 saturated heterocycles. The summed E-state index contributed by atoms with van der Waals surface area (Å²) in [7, 11) is 0. The van der Waals surface area contributed by atoms with Gasteiger partial charge in [0.2, 0.25) is 0 Å². The molecular formula is C18H18N2O2S2. The van der Waals surface area contributed by atoms with Gasteiger partial charge in [-0.15, -0.1) is 11.3 Å². The van der Waals surface area contributed by atoms with Gasteiger partial charge in [0.1, 0.15) is 5.00 Å². The molecule has 24 heavy (non-hydrogen) atoms. The molecule has 2 heterocycles. The zero-order chi connectivity index (χ0) is 16.5. The summed E-state index contributed by atoms with van der Waals surface area (Å²) >= 11 is 3.28. The largest absolute Gasteiger partial charge is 0.462 e. The summed E-state index contributed by atoms with van der Waals surface area (Å²) in [6.45, 7) is 2.24. The van der Waals surface area contributed by atoms with Crippen LogP contribution in [0.3, 0.4) is 0 Å². The molecular weight excluding hydrogens is 340 g/mol. The van der Waals surface area contributed by atoms with E-state index in [0.717, 1.165) is 45.2 Å². The molecule has 1 N–H and O–H groups in total. The molecule has 0 aliphatic heterocycles. The molecule has 0 bridgehead atoms. The molecule has 0 unspecified atom stereocenters. The molecule has 124 valence electrons. The number of aromatic nitrogens is 1. The van der Waals surface area contributed by atoms with Gasteiger partial charge < -0.3 is 10.1 Å². The van der Waals surface area contributed by atoms with E-state index in [2.05, 4.69) is 16.4 Å². The molecule has 0 amide bonds. The maximum absolute atomic E-state index is 12.5. The molecule has 4 nitrogen and oxygen atoms in total. The minimum atomic E-state index is -0.222. The Hall–Kier alpha value is -1.92. The number of thiophene rings is 1. The average molecular weight is 358 g/mol. The number of carbonyl (C=O) groups is 1. The number of nitrogens with one attached hydrogen (secondary N) is 1. The molecule has 1 aliphatic carbocycles. The zero-order valence-corrected chi connectivity index (χ0v) is 15.1. The SMILES string of the molecule is CCOC(=O)c1c(Nc2nc3ccccc3s2)sc2c1CCCC2. The van der Waals surface area contributed by atoms with Gasteiger partial charge in [0.15, 0.2) is 5.13 Å². The molecule has 0 fully saturated rings. The number of thiazole rings is 1. The van der Waals surface area contributed by atoms with Crippen molar-refractivity contribution in [2.45, 2.75) is 32.6 Å². The maximum Gasteiger partial charge on any atom is 0.341 e. The highest BCUT2D eigenvalue weighted by Crippen LogP contribution is 2.41. The maximum atomic E-state index is 12.5. The van der Waals surface area contributed by atoms with Gasteiger partial charge in [-0.3, -0.25) is 0 Å². The number of hydrogen-bond acceptors (Lipinski definition) is 6. The van der Waals surface area contributed by atoms with E-state index in [9.17, 15) is 4.79 Å². The van der Waals surface area contributed by atoms with Crippen LogP contribution in [0.15, 0.2) is 24.3 Å². The molecule has 0 atom stereocenters. The lowest BCUT2D eigenvalue weighted by Crippen LogP contribution is -2.10. The first-order valence-electron chi connectivity index (χ1n) is 8.20. The van der Waals surface area contributed by atoms with Crippen molar-refractivity contribution in [3.8, 4) is 0 Å². The monoisotopic (exact) mass is 358 g/mol. The predicted octanol–water partition coefficient (Wildman–Crippen LogP) is 5.16. The Balaban J connectivity index is 1.73. The Kier molecular flexibility index (Phi) is 4.24. The summed E-state index contributed by atoms with van der Waals surface area (Å²) in [5.74, 6) is -0.222. The van der Waals surface area contributed by atoms with Gasteiger partial charge >= 0.3 is 5.97 Å². The standard InChI is InChI=1S/C18H18N2O2S2/c1-2-22-17(21)15-11-7-3-5-9-13(11)23-16(15)20-18-19-12-8-4-6-10-14(12)24-18/h4,6,8,10H,2-3,5,7,9H2,1H3,(H,19,20). The topological polar surface area (TPSA) is 51.2 Å². The van der Waals surface area contributed by atoms with Crippen molar-refractivity contribution in [1.29, 1.82) is 0 Å². The molecule has 4 rings (SSSR count). The van der Waals surface area contributed by atoms with Crippen LogP contribution in [0.1, 0.15) is 40.6 Å². The van der Waals surface area contributed by atoms with E-state index in [1.807, 2.05) is 25.1 Å². The molecule has 1 aromatic carbocycles. The van der Waals surface area contributed by atoms with Gasteiger partial charge in [-0.1, -0.05) is 23.5 Å². The van der Waals surface area contributed by atoms with Crippen molar-refractivity contribution in [1.82, 2.24) is 4.98 Å². The second kappa shape index (κ2) is 6.53. The molecule has 0 spiro atoms. The summed E-state index contributed by atoms with van der Waals surface area (Å²) in [6.07, 6.45) is 4.34. The Labute approximate surface area is 148 Å². The van der Waals surface area contributed by atoms with E-state index in [1.165, 1.54) is 16.9 Å². The Bertz CT molecular complexity index is 865. The van der Waals surface area contributed by atoms with Crippen LogP contribution in [0, 0.1) is 0 Å². The van der Waals surface area contributed by atoms with Crippen LogP contribution in [0.5, 0.6) is 0 Å². The molecule has 1 aliphatic rings. The number of fused-ring (bicyclic) bond motifs is 2. The molecule has 2 aromatic heterocycles. The van der Waals surface area contributed by atoms with E-state index in [4.69, 9.17) is 4.74 Å². The molecule has 6 heteroatoms. The highest BCUT2D eigenvalue weighted by Gasteiger charge is 2.26. The van der Waals surface area contributed by atoms with E-state index < -0.39 is 0 Å². The van der Waals surface area contributed by atoms with Crippen LogP contribution in [0.25, 0.3) is 10.2 Å². The van der Waals surface area contributed by atoms with Crippen molar-refractivity contribution in [3.63, 3.8) is 0 Å². The summed E-state index contributed by atoms with van der Waals surface area (Å²) < 4.78 is 6.44. The number of para-hydroxylation sites is 1. The molecule has 0 saturated carbocycles. The van der Waals surface area contributed by atoms with Gasteiger partial charge in [0, 0.05) is 4.88 Å². The first kappa shape index (κ1) is 15.6. The fourth-order valence-electron chi connectivity index (χ4n) is 3.10. The highest BCUT2D eigenvalue weighted by atomic mass is 32.1. The average Bonchev–Trinajstić information content (AvgIpc) is 3.15. The second-order valence-electron chi connectivity index (χ2n) is 5.75. The third-order valence-electron chi connectivity index (χ3n) is 4.17. The third kappa shape index (κ3) is 2.80. The summed E-state index contributed by atoms with van der Waals surface area (Å²) in [4.78, 5) is 18.4. The number of benzene rings is 1. The van der Waals surface area contributed by atoms with E-state index in [0.29, 0.717) is 6.61 Å². The van der Waals surface area contributed by atoms with Gasteiger partial charge in [-0.2, -0.15) is 0 Å². The first-order valence-corrected chi connectivity index (χ1v) is 9.84. The predicted molar refractivity (Wildman–Crippen MR) is 99.8 cm³/mol. The minimum Gasteiger partial charge on any atom is -0.462 e. The van der Waals surface area contributed by atoms with Crippen molar-refractivity contribution in [3.05, 3.63) is 40.3 Å². The lowest BCUT2D eigenvalue weighted by Gasteiger charge is -2.12. The van der Waals surface area contributed by atoms with E-state index in [1.54, 1.807) is 22.7 Å².